The van der Waals surface area contributed by atoms with Gasteiger partial charge in [0.05, 0.1) is 6.04 Å². The molecule has 1 atom stereocenters. The number of ketones is 1. The van der Waals surface area contributed by atoms with E-state index in [2.05, 4.69) is 43.0 Å². The third-order valence-corrected chi connectivity index (χ3v) is 3.57. The van der Waals surface area contributed by atoms with Crippen LogP contribution in [0.3, 0.4) is 0 Å². The molecule has 1 aliphatic rings. The summed E-state index contributed by atoms with van der Waals surface area (Å²) in [6.45, 7) is 5.13. The summed E-state index contributed by atoms with van der Waals surface area (Å²) < 4.78 is 0. The number of carbonyl (C=O) groups excluding carboxylic acids is 1. The van der Waals surface area contributed by atoms with Crippen molar-refractivity contribution < 1.29 is 4.79 Å². The van der Waals surface area contributed by atoms with Crippen LogP contribution in [-0.4, -0.2) is 18.4 Å². The van der Waals surface area contributed by atoms with Crippen LogP contribution in [-0.2, 0) is 4.79 Å². The molecule has 2 nitrogen and oxygen atoms in total. The SMILES string of the molecule is CCN(c1cccc(C)c1)C1CCCCC1=O. The van der Waals surface area contributed by atoms with Crippen LogP contribution < -0.4 is 4.90 Å². The number of hydrogen-bond acceptors (Lipinski definition) is 2. The van der Waals surface area contributed by atoms with Crippen LogP contribution in [0.2, 0.25) is 0 Å². The maximum Gasteiger partial charge on any atom is 0.155 e. The van der Waals surface area contributed by atoms with Gasteiger partial charge in [0.2, 0.25) is 0 Å². The predicted molar refractivity (Wildman–Crippen MR) is 71.5 cm³/mol. The van der Waals surface area contributed by atoms with Crippen molar-refractivity contribution in [2.75, 3.05) is 11.4 Å². The van der Waals surface area contributed by atoms with Gasteiger partial charge in [-0.1, -0.05) is 18.6 Å². The lowest BCUT2D eigenvalue weighted by molar-refractivity contribution is -0.121. The Labute approximate surface area is 104 Å². The van der Waals surface area contributed by atoms with Gasteiger partial charge in [0.1, 0.15) is 0 Å². The number of hydrogen-bond donors (Lipinski definition) is 0. The summed E-state index contributed by atoms with van der Waals surface area (Å²) in [5, 5.41) is 0. The molecule has 0 amide bonds. The minimum atomic E-state index is 0.107. The summed E-state index contributed by atoms with van der Waals surface area (Å²) in [5.41, 5.74) is 2.44. The minimum Gasteiger partial charge on any atom is -0.362 e. The fraction of sp³-hybridized carbons (Fsp3) is 0.533. The lowest BCUT2D eigenvalue weighted by Gasteiger charge is -2.34. The van der Waals surface area contributed by atoms with Crippen molar-refractivity contribution in [3.8, 4) is 0 Å². The first-order valence-electron chi connectivity index (χ1n) is 6.58. The van der Waals surface area contributed by atoms with Crippen LogP contribution in [0.5, 0.6) is 0 Å². The Morgan fingerprint density at radius 2 is 2.18 bits per heavy atom. The lowest BCUT2D eigenvalue weighted by Crippen LogP contribution is -2.43. The van der Waals surface area contributed by atoms with Crippen LogP contribution in [0, 0.1) is 6.92 Å². The zero-order valence-electron chi connectivity index (χ0n) is 10.8. The van der Waals surface area contributed by atoms with Gasteiger partial charge < -0.3 is 4.90 Å². The molecule has 0 spiro atoms. The highest BCUT2D eigenvalue weighted by Gasteiger charge is 2.27. The molecule has 1 aliphatic carbocycles. The van der Waals surface area contributed by atoms with E-state index in [0.29, 0.717) is 5.78 Å². The first kappa shape index (κ1) is 12.2. The standard InChI is InChI=1S/C15H21NO/c1-3-16(13-8-6-7-12(2)11-13)14-9-4-5-10-15(14)17/h6-8,11,14H,3-5,9-10H2,1-2H3. The molecule has 92 valence electrons. The van der Waals surface area contributed by atoms with Crippen molar-refractivity contribution in [3.63, 3.8) is 0 Å². The third kappa shape index (κ3) is 2.68. The molecule has 2 heteroatoms. The Kier molecular flexibility index (Phi) is 3.82. The highest BCUT2D eigenvalue weighted by molar-refractivity contribution is 5.87. The van der Waals surface area contributed by atoms with Crippen molar-refractivity contribution >= 4 is 11.5 Å². The second-order valence-corrected chi connectivity index (χ2v) is 4.85. The van der Waals surface area contributed by atoms with Crippen LogP contribution in [0.4, 0.5) is 5.69 Å². The van der Waals surface area contributed by atoms with E-state index in [9.17, 15) is 4.79 Å². The molecular weight excluding hydrogens is 210 g/mol. The van der Waals surface area contributed by atoms with Crippen LogP contribution in [0.1, 0.15) is 38.2 Å². The lowest BCUT2D eigenvalue weighted by atomic mass is 9.92. The first-order valence-corrected chi connectivity index (χ1v) is 6.58. The van der Waals surface area contributed by atoms with E-state index >= 15 is 0 Å². The highest BCUT2D eigenvalue weighted by atomic mass is 16.1. The zero-order chi connectivity index (χ0) is 12.3. The van der Waals surface area contributed by atoms with E-state index < -0.39 is 0 Å². The number of carbonyl (C=O) groups is 1. The van der Waals surface area contributed by atoms with E-state index in [1.165, 1.54) is 17.7 Å². The van der Waals surface area contributed by atoms with Crippen LogP contribution in [0.15, 0.2) is 24.3 Å². The summed E-state index contributed by atoms with van der Waals surface area (Å²) in [7, 11) is 0. The minimum absolute atomic E-state index is 0.107. The fourth-order valence-electron chi connectivity index (χ4n) is 2.68. The first-order chi connectivity index (χ1) is 8.22. The van der Waals surface area contributed by atoms with Gasteiger partial charge in [-0.05, 0) is 44.4 Å². The molecule has 0 aliphatic heterocycles. The fourth-order valence-corrected chi connectivity index (χ4v) is 2.68. The molecule has 2 rings (SSSR count). The van der Waals surface area contributed by atoms with Gasteiger partial charge in [0.15, 0.2) is 5.78 Å². The van der Waals surface area contributed by atoms with E-state index in [1.807, 2.05) is 0 Å². The van der Waals surface area contributed by atoms with E-state index in [-0.39, 0.29) is 6.04 Å². The number of benzene rings is 1. The van der Waals surface area contributed by atoms with E-state index in [0.717, 1.165) is 25.8 Å². The quantitative estimate of drug-likeness (QED) is 0.795. The number of anilines is 1. The summed E-state index contributed by atoms with van der Waals surface area (Å²) in [4.78, 5) is 14.3. The third-order valence-electron chi connectivity index (χ3n) is 3.57. The monoisotopic (exact) mass is 231 g/mol. The Hall–Kier alpha value is -1.31. The highest BCUT2D eigenvalue weighted by Crippen LogP contribution is 2.25. The van der Waals surface area contributed by atoms with Crippen molar-refractivity contribution in [3.05, 3.63) is 29.8 Å². The van der Waals surface area contributed by atoms with E-state index in [1.54, 1.807) is 0 Å². The maximum atomic E-state index is 12.0. The van der Waals surface area contributed by atoms with Crippen LogP contribution >= 0.6 is 0 Å². The van der Waals surface area contributed by atoms with Gasteiger partial charge in [0, 0.05) is 18.7 Å². The van der Waals surface area contributed by atoms with Gasteiger partial charge in [-0.25, -0.2) is 0 Å². The average Bonchev–Trinajstić information content (AvgIpc) is 2.33. The number of Topliss-reactive ketones (excluding diaryl/α,β-unsaturated/α-hetero) is 1. The Morgan fingerprint density at radius 3 is 2.82 bits per heavy atom. The van der Waals surface area contributed by atoms with Crippen LogP contribution in [0.25, 0.3) is 0 Å². The van der Waals surface area contributed by atoms with Gasteiger partial charge in [-0.15, -0.1) is 0 Å². The zero-order valence-corrected chi connectivity index (χ0v) is 10.8. The second kappa shape index (κ2) is 5.35. The molecule has 0 aromatic heterocycles. The Morgan fingerprint density at radius 1 is 1.35 bits per heavy atom. The maximum absolute atomic E-state index is 12.0. The molecule has 1 aromatic rings. The molecule has 1 aromatic carbocycles. The van der Waals surface area contributed by atoms with Crippen molar-refractivity contribution in [2.24, 2.45) is 0 Å². The summed E-state index contributed by atoms with van der Waals surface area (Å²) in [6.07, 6.45) is 4.02. The molecule has 1 unspecified atom stereocenters. The molecule has 0 bridgehead atoms. The number of rotatable bonds is 3. The molecule has 0 heterocycles. The Balaban J connectivity index is 2.23. The van der Waals surface area contributed by atoms with E-state index in [4.69, 9.17) is 0 Å². The molecule has 0 saturated heterocycles. The van der Waals surface area contributed by atoms with Crippen molar-refractivity contribution in [1.29, 1.82) is 0 Å². The largest absolute Gasteiger partial charge is 0.362 e. The Bertz CT molecular complexity index is 400. The summed E-state index contributed by atoms with van der Waals surface area (Å²) in [5.74, 6) is 0.416. The molecule has 1 fully saturated rings. The number of aryl methyl sites for hydroxylation is 1. The molecule has 1 saturated carbocycles. The van der Waals surface area contributed by atoms with Gasteiger partial charge in [0.25, 0.3) is 0 Å². The average molecular weight is 231 g/mol. The molecule has 0 radical (unpaired) electrons. The van der Waals surface area contributed by atoms with Gasteiger partial charge in [-0.2, -0.15) is 0 Å². The normalized spacial score (nSPS) is 20.4. The predicted octanol–water partition coefficient (Wildman–Crippen LogP) is 3.33. The van der Waals surface area contributed by atoms with Crippen molar-refractivity contribution in [2.45, 2.75) is 45.6 Å². The number of nitrogens with zero attached hydrogens (tertiary/aromatic N) is 1. The molecule has 0 N–H and O–H groups in total. The molecular formula is C15H21NO. The van der Waals surface area contributed by atoms with Gasteiger partial charge >= 0.3 is 0 Å². The smallest absolute Gasteiger partial charge is 0.155 e. The summed E-state index contributed by atoms with van der Waals surface area (Å²) >= 11 is 0. The second-order valence-electron chi connectivity index (χ2n) is 4.85. The molecule has 17 heavy (non-hydrogen) atoms. The summed E-state index contributed by atoms with van der Waals surface area (Å²) in [6, 6.07) is 8.56. The topological polar surface area (TPSA) is 20.3 Å². The van der Waals surface area contributed by atoms with Crippen molar-refractivity contribution in [1.82, 2.24) is 0 Å². The number of likely N-dealkylation sites (N-methyl/N-ethyl adjacent to an activating group) is 1. The van der Waals surface area contributed by atoms with Gasteiger partial charge in [-0.3, -0.25) is 4.79 Å².